The molecule has 0 aliphatic rings. The maximum atomic E-state index is 13.1. The first-order valence-electron chi connectivity index (χ1n) is 9.38. The van der Waals surface area contributed by atoms with Crippen molar-refractivity contribution in [1.82, 2.24) is 0 Å². The number of rotatable bonds is 8. The van der Waals surface area contributed by atoms with E-state index in [4.69, 9.17) is 16.3 Å². The molecule has 10 heteroatoms. The molecule has 0 atom stereocenters. The fourth-order valence-corrected chi connectivity index (χ4v) is 3.01. The van der Waals surface area contributed by atoms with Crippen LogP contribution in [0.3, 0.4) is 0 Å². The van der Waals surface area contributed by atoms with Crippen LogP contribution >= 0.6 is 11.6 Å². The quantitative estimate of drug-likeness (QED) is 0.424. The van der Waals surface area contributed by atoms with Gasteiger partial charge in [-0.25, -0.2) is 9.18 Å². The van der Waals surface area contributed by atoms with Gasteiger partial charge in [0.2, 0.25) is 11.8 Å². The standard InChI is InChI=1S/C23H18ClFN2O5.Na.H/c24-16-6-9-20(19(11-16)23(30)31)27-22(29)13-32-12-21(28)26-18-3-1-2-15(10-18)14-4-7-17(25)8-5-14;;/h1-11H,12-13H2,(H,26,28)(H,27,29)(H,30,31);;/q;+1;-1. The van der Waals surface area contributed by atoms with E-state index in [1.54, 1.807) is 30.3 Å². The number of ether oxygens (including phenoxy) is 1. The zero-order valence-corrected chi connectivity index (χ0v) is 20.4. The number of nitrogens with one attached hydrogen (secondary N) is 2. The normalized spacial score (nSPS) is 10.1. The number of hydrogen-bond acceptors (Lipinski definition) is 4. The maximum Gasteiger partial charge on any atom is 1.00 e. The molecule has 0 heterocycles. The molecule has 0 saturated carbocycles. The molecule has 0 unspecified atom stereocenters. The van der Waals surface area contributed by atoms with Gasteiger partial charge in [-0.1, -0.05) is 35.9 Å². The average Bonchev–Trinajstić information content (AvgIpc) is 2.75. The van der Waals surface area contributed by atoms with Gasteiger partial charge in [-0.3, -0.25) is 9.59 Å². The van der Waals surface area contributed by atoms with Crippen LogP contribution in [0.4, 0.5) is 15.8 Å². The third-order valence-corrected chi connectivity index (χ3v) is 4.51. The molecule has 3 aromatic carbocycles. The van der Waals surface area contributed by atoms with Crippen LogP contribution in [0, 0.1) is 5.82 Å². The fraction of sp³-hybridized carbons (Fsp3) is 0.0870. The summed E-state index contributed by atoms with van der Waals surface area (Å²) in [5.74, 6) is -2.69. The van der Waals surface area contributed by atoms with E-state index < -0.39 is 24.4 Å². The van der Waals surface area contributed by atoms with Crippen LogP contribution in [0.2, 0.25) is 5.02 Å². The Morgan fingerprint density at radius 3 is 2.24 bits per heavy atom. The van der Waals surface area contributed by atoms with E-state index in [9.17, 15) is 23.9 Å². The smallest absolute Gasteiger partial charge is 1.00 e. The second kappa shape index (κ2) is 12.5. The van der Waals surface area contributed by atoms with Crippen molar-refractivity contribution in [2.75, 3.05) is 23.8 Å². The van der Waals surface area contributed by atoms with Gasteiger partial charge in [0.25, 0.3) is 0 Å². The van der Waals surface area contributed by atoms with Crippen LogP contribution < -0.4 is 40.2 Å². The SMILES string of the molecule is O=C(COCC(=O)Nc1ccc(Cl)cc1C(=O)O)Nc1cccc(-c2ccc(F)cc2)c1.[H-].[Na+]. The molecule has 0 aliphatic carbocycles. The summed E-state index contributed by atoms with van der Waals surface area (Å²) in [4.78, 5) is 35.4. The van der Waals surface area contributed by atoms with Crippen molar-refractivity contribution in [3.63, 3.8) is 0 Å². The summed E-state index contributed by atoms with van der Waals surface area (Å²) in [6, 6.07) is 17.0. The third kappa shape index (κ3) is 7.96. The van der Waals surface area contributed by atoms with E-state index in [1.807, 2.05) is 6.07 Å². The van der Waals surface area contributed by atoms with Crippen LogP contribution in [0.1, 0.15) is 11.8 Å². The molecular formula is C23H19ClFN2NaO5. The van der Waals surface area contributed by atoms with Crippen LogP contribution in [0.5, 0.6) is 0 Å². The van der Waals surface area contributed by atoms with Crippen LogP contribution in [0.15, 0.2) is 66.7 Å². The summed E-state index contributed by atoms with van der Waals surface area (Å²) in [5, 5.41) is 14.5. The van der Waals surface area contributed by atoms with Crippen LogP contribution in [-0.4, -0.2) is 36.1 Å². The summed E-state index contributed by atoms with van der Waals surface area (Å²) < 4.78 is 18.2. The van der Waals surface area contributed by atoms with Crippen molar-refractivity contribution in [1.29, 1.82) is 0 Å². The molecule has 0 aliphatic heterocycles. The molecule has 0 bridgehead atoms. The maximum absolute atomic E-state index is 13.1. The van der Waals surface area contributed by atoms with Gasteiger partial charge in [-0.2, -0.15) is 0 Å². The van der Waals surface area contributed by atoms with E-state index in [-0.39, 0.29) is 59.7 Å². The van der Waals surface area contributed by atoms with E-state index >= 15 is 0 Å². The van der Waals surface area contributed by atoms with Crippen molar-refractivity contribution >= 4 is 40.8 Å². The molecule has 2 amide bonds. The summed E-state index contributed by atoms with van der Waals surface area (Å²) in [5.41, 5.74) is 2.00. The first-order valence-corrected chi connectivity index (χ1v) is 9.76. The second-order valence-electron chi connectivity index (χ2n) is 6.67. The fourth-order valence-electron chi connectivity index (χ4n) is 2.84. The zero-order valence-electron chi connectivity index (χ0n) is 18.6. The second-order valence-corrected chi connectivity index (χ2v) is 7.11. The molecule has 3 rings (SSSR count). The molecule has 166 valence electrons. The number of benzene rings is 3. The van der Waals surface area contributed by atoms with E-state index in [0.717, 1.165) is 11.1 Å². The Labute approximate surface area is 217 Å². The predicted octanol–water partition coefficient (Wildman–Crippen LogP) is 1.55. The van der Waals surface area contributed by atoms with Crippen LogP contribution in [0.25, 0.3) is 11.1 Å². The molecular weight excluding hydrogens is 462 g/mol. The van der Waals surface area contributed by atoms with Gasteiger partial charge in [0.1, 0.15) is 19.0 Å². The van der Waals surface area contributed by atoms with Crippen molar-refractivity contribution in [3.8, 4) is 11.1 Å². The molecule has 0 saturated heterocycles. The number of aromatic carboxylic acids is 1. The minimum atomic E-state index is -1.24. The number of halogens is 2. The van der Waals surface area contributed by atoms with E-state index in [2.05, 4.69) is 10.6 Å². The Bertz CT molecular complexity index is 1160. The number of anilines is 2. The van der Waals surface area contributed by atoms with Gasteiger partial charge in [-0.15, -0.1) is 0 Å². The summed E-state index contributed by atoms with van der Waals surface area (Å²) in [6.45, 7) is -0.842. The molecule has 0 fully saturated rings. The topological polar surface area (TPSA) is 105 Å². The summed E-state index contributed by atoms with van der Waals surface area (Å²) in [7, 11) is 0. The van der Waals surface area contributed by atoms with Crippen molar-refractivity contribution < 1.29 is 59.6 Å². The first-order chi connectivity index (χ1) is 15.3. The van der Waals surface area contributed by atoms with E-state index in [1.165, 1.54) is 30.3 Å². The molecule has 0 aromatic heterocycles. The Morgan fingerprint density at radius 2 is 1.58 bits per heavy atom. The van der Waals surface area contributed by atoms with Gasteiger partial charge >= 0.3 is 35.5 Å². The summed E-state index contributed by atoms with van der Waals surface area (Å²) >= 11 is 5.77. The van der Waals surface area contributed by atoms with E-state index in [0.29, 0.717) is 5.69 Å². The number of carboxylic acids is 1. The van der Waals surface area contributed by atoms with Crippen LogP contribution in [-0.2, 0) is 14.3 Å². The molecule has 3 N–H and O–H groups in total. The van der Waals surface area contributed by atoms with Gasteiger partial charge in [0.15, 0.2) is 0 Å². The van der Waals surface area contributed by atoms with Crippen molar-refractivity contribution in [2.45, 2.75) is 0 Å². The Hall–Kier alpha value is -2.75. The number of amides is 2. The zero-order chi connectivity index (χ0) is 23.1. The molecule has 0 spiro atoms. The number of carboxylic acid groups (broad SMARTS) is 1. The predicted molar refractivity (Wildman–Crippen MR) is 119 cm³/mol. The van der Waals surface area contributed by atoms with Gasteiger partial charge in [0.05, 0.1) is 11.3 Å². The number of carbonyl (C=O) groups excluding carboxylic acids is 2. The molecule has 7 nitrogen and oxygen atoms in total. The first kappa shape index (κ1) is 26.5. The minimum absolute atomic E-state index is 0. The third-order valence-electron chi connectivity index (χ3n) is 4.28. The van der Waals surface area contributed by atoms with Crippen molar-refractivity contribution in [2.24, 2.45) is 0 Å². The van der Waals surface area contributed by atoms with Gasteiger partial charge in [-0.05, 0) is 53.6 Å². The Morgan fingerprint density at radius 1 is 0.909 bits per heavy atom. The minimum Gasteiger partial charge on any atom is -1.00 e. The number of carbonyl (C=O) groups is 3. The Balaban J connectivity index is 0.00000289. The monoisotopic (exact) mass is 480 g/mol. The largest absolute Gasteiger partial charge is 1.00 e. The summed E-state index contributed by atoms with van der Waals surface area (Å²) in [6.07, 6.45) is 0. The molecule has 3 aromatic rings. The van der Waals surface area contributed by atoms with Gasteiger partial charge < -0.3 is 21.9 Å². The number of hydrogen-bond donors (Lipinski definition) is 3. The Kier molecular flexibility index (Phi) is 10.0. The molecule has 33 heavy (non-hydrogen) atoms. The van der Waals surface area contributed by atoms with Gasteiger partial charge in [0, 0.05) is 10.7 Å². The van der Waals surface area contributed by atoms with Crippen molar-refractivity contribution in [3.05, 3.63) is 83.1 Å². The molecule has 0 radical (unpaired) electrons. The average molecular weight is 481 g/mol.